The molecule has 1 heterocycles. The zero-order chi connectivity index (χ0) is 18.4. The molecule has 0 spiro atoms. The lowest BCUT2D eigenvalue weighted by Crippen LogP contribution is -2.11. The van der Waals surface area contributed by atoms with E-state index in [9.17, 15) is 9.59 Å². The Labute approximate surface area is 150 Å². The molecule has 2 aromatic carbocycles. The van der Waals surface area contributed by atoms with Gasteiger partial charge in [-0.15, -0.1) is 0 Å². The topological polar surface area (TPSA) is 81.3 Å². The second-order valence-corrected chi connectivity index (χ2v) is 5.61. The Hall–Kier alpha value is -3.41. The number of nitrogens with one attached hydrogen (secondary N) is 1. The molecule has 6 heteroatoms. The molecule has 0 amide bonds. The highest BCUT2D eigenvalue weighted by Crippen LogP contribution is 2.25. The summed E-state index contributed by atoms with van der Waals surface area (Å²) in [7, 11) is 1.28. The van der Waals surface area contributed by atoms with Crippen LogP contribution in [0, 0.1) is 0 Å². The molecule has 0 bridgehead atoms. The summed E-state index contributed by atoms with van der Waals surface area (Å²) in [5.41, 5.74) is 3.69. The predicted molar refractivity (Wildman–Crippen MR) is 96.3 cm³/mol. The quantitative estimate of drug-likeness (QED) is 0.543. The molecule has 0 saturated carbocycles. The summed E-state index contributed by atoms with van der Waals surface area (Å²) in [6.07, 6.45) is -0.0146. The van der Waals surface area contributed by atoms with E-state index < -0.39 is 11.9 Å². The number of esters is 2. The highest BCUT2D eigenvalue weighted by atomic mass is 16.5. The molecule has 3 aromatic rings. The van der Waals surface area contributed by atoms with Gasteiger partial charge in [0, 0.05) is 5.56 Å². The van der Waals surface area contributed by atoms with Crippen molar-refractivity contribution in [1.29, 1.82) is 0 Å². The van der Waals surface area contributed by atoms with Crippen LogP contribution in [0.1, 0.15) is 12.8 Å². The lowest BCUT2D eigenvalue weighted by molar-refractivity contribution is -0.144. The molecule has 0 atom stereocenters. The third-order valence-electron chi connectivity index (χ3n) is 3.81. The number of carbonyl (C=O) groups excluding carboxylic acids is 2. The molecule has 132 valence electrons. The van der Waals surface area contributed by atoms with Crippen molar-refractivity contribution in [3.63, 3.8) is 0 Å². The van der Waals surface area contributed by atoms with Crippen molar-refractivity contribution >= 4 is 11.9 Å². The summed E-state index contributed by atoms with van der Waals surface area (Å²) >= 11 is 0. The molecule has 6 nitrogen and oxygen atoms in total. The Kier molecular flexibility index (Phi) is 5.43. The number of H-pyrrole nitrogens is 1. The van der Waals surface area contributed by atoms with Gasteiger partial charge in [-0.3, -0.25) is 14.7 Å². The van der Waals surface area contributed by atoms with Gasteiger partial charge in [-0.2, -0.15) is 5.10 Å². The number of rotatable bonds is 6. The zero-order valence-corrected chi connectivity index (χ0v) is 14.3. The number of hydrogen-bond acceptors (Lipinski definition) is 5. The third-order valence-corrected chi connectivity index (χ3v) is 3.81. The molecule has 0 radical (unpaired) electrons. The average molecular weight is 350 g/mol. The fraction of sp³-hybridized carbons (Fsp3) is 0.150. The summed E-state index contributed by atoms with van der Waals surface area (Å²) < 4.78 is 9.70. The standard InChI is InChI=1S/C20H18N2O4/c1-25-19(23)11-12-20(24)26-16-9-7-15(8-10-16)18-13-17(21-22-18)14-5-3-2-4-6-14/h2-10,13H,11-12H2,1H3,(H,21,22). The molecular weight excluding hydrogens is 332 g/mol. The van der Waals surface area contributed by atoms with E-state index in [0.29, 0.717) is 5.75 Å². The van der Waals surface area contributed by atoms with E-state index in [2.05, 4.69) is 14.9 Å². The Balaban J connectivity index is 1.64. The summed E-state index contributed by atoms with van der Waals surface area (Å²) in [6.45, 7) is 0. The Morgan fingerprint density at radius 3 is 2.31 bits per heavy atom. The molecule has 0 fully saturated rings. The fourth-order valence-electron chi connectivity index (χ4n) is 2.42. The normalized spacial score (nSPS) is 10.3. The first kappa shape index (κ1) is 17.4. The lowest BCUT2D eigenvalue weighted by atomic mass is 10.1. The van der Waals surface area contributed by atoms with Crippen LogP contribution in [0.3, 0.4) is 0 Å². The Bertz CT molecular complexity index is 886. The summed E-state index contributed by atoms with van der Waals surface area (Å²) in [6, 6.07) is 18.9. The molecule has 1 aromatic heterocycles. The molecular formula is C20H18N2O4. The molecule has 0 aliphatic rings. The molecule has 1 N–H and O–H groups in total. The van der Waals surface area contributed by atoms with Crippen LogP contribution in [0.2, 0.25) is 0 Å². The summed E-state index contributed by atoms with van der Waals surface area (Å²) in [5.74, 6) is -0.492. The number of methoxy groups -OCH3 is 1. The predicted octanol–water partition coefficient (Wildman–Crippen LogP) is 3.60. The van der Waals surface area contributed by atoms with Crippen molar-refractivity contribution in [1.82, 2.24) is 10.2 Å². The van der Waals surface area contributed by atoms with Crippen molar-refractivity contribution in [3.8, 4) is 28.3 Å². The van der Waals surface area contributed by atoms with Crippen LogP contribution < -0.4 is 4.74 Å². The molecule has 0 aliphatic carbocycles. The maximum atomic E-state index is 11.7. The van der Waals surface area contributed by atoms with Crippen molar-refractivity contribution in [2.75, 3.05) is 7.11 Å². The molecule has 0 saturated heterocycles. The van der Waals surface area contributed by atoms with Gasteiger partial charge in [0.1, 0.15) is 5.75 Å². The van der Waals surface area contributed by atoms with E-state index in [0.717, 1.165) is 22.5 Å². The van der Waals surface area contributed by atoms with E-state index in [1.807, 2.05) is 48.5 Å². The van der Waals surface area contributed by atoms with Crippen molar-refractivity contribution < 1.29 is 19.1 Å². The molecule has 26 heavy (non-hydrogen) atoms. The Morgan fingerprint density at radius 1 is 0.923 bits per heavy atom. The second kappa shape index (κ2) is 8.11. The SMILES string of the molecule is COC(=O)CCC(=O)Oc1ccc(-c2cc(-c3ccccc3)n[nH]2)cc1. The number of nitrogens with zero attached hydrogens (tertiary/aromatic N) is 1. The van der Waals surface area contributed by atoms with Crippen LogP contribution in [-0.2, 0) is 14.3 Å². The molecule has 3 rings (SSSR count). The second-order valence-electron chi connectivity index (χ2n) is 5.61. The van der Waals surface area contributed by atoms with Gasteiger partial charge in [-0.05, 0) is 35.9 Å². The van der Waals surface area contributed by atoms with Crippen LogP contribution in [0.25, 0.3) is 22.5 Å². The average Bonchev–Trinajstić information content (AvgIpc) is 3.17. The first-order valence-electron chi connectivity index (χ1n) is 8.14. The van der Waals surface area contributed by atoms with Gasteiger partial charge in [-0.25, -0.2) is 0 Å². The van der Waals surface area contributed by atoms with Crippen molar-refractivity contribution in [3.05, 3.63) is 60.7 Å². The first-order chi connectivity index (χ1) is 12.7. The summed E-state index contributed by atoms with van der Waals surface area (Å²) in [5, 5.41) is 7.34. The van der Waals surface area contributed by atoms with E-state index in [1.54, 1.807) is 12.1 Å². The Morgan fingerprint density at radius 2 is 1.62 bits per heavy atom. The van der Waals surface area contributed by atoms with Gasteiger partial charge >= 0.3 is 11.9 Å². The van der Waals surface area contributed by atoms with Gasteiger partial charge in [0.25, 0.3) is 0 Å². The minimum Gasteiger partial charge on any atom is -0.469 e. The van der Waals surface area contributed by atoms with Gasteiger partial charge < -0.3 is 9.47 Å². The minimum atomic E-state index is -0.476. The highest BCUT2D eigenvalue weighted by molar-refractivity contribution is 5.79. The van der Waals surface area contributed by atoms with E-state index >= 15 is 0 Å². The number of aromatic nitrogens is 2. The van der Waals surface area contributed by atoms with Crippen LogP contribution in [0.4, 0.5) is 0 Å². The number of carbonyl (C=O) groups is 2. The highest BCUT2D eigenvalue weighted by Gasteiger charge is 2.10. The van der Waals surface area contributed by atoms with Crippen LogP contribution in [0.15, 0.2) is 60.7 Å². The first-order valence-corrected chi connectivity index (χ1v) is 8.14. The van der Waals surface area contributed by atoms with E-state index in [-0.39, 0.29) is 12.8 Å². The van der Waals surface area contributed by atoms with Gasteiger partial charge in [0.2, 0.25) is 0 Å². The van der Waals surface area contributed by atoms with Gasteiger partial charge in [0.05, 0.1) is 31.3 Å². The van der Waals surface area contributed by atoms with Crippen molar-refractivity contribution in [2.45, 2.75) is 12.8 Å². The number of hydrogen-bond donors (Lipinski definition) is 1. The number of benzene rings is 2. The third kappa shape index (κ3) is 4.36. The van der Waals surface area contributed by atoms with Crippen LogP contribution >= 0.6 is 0 Å². The fourth-order valence-corrected chi connectivity index (χ4v) is 2.42. The van der Waals surface area contributed by atoms with Gasteiger partial charge in [-0.1, -0.05) is 30.3 Å². The zero-order valence-electron chi connectivity index (χ0n) is 14.3. The molecule has 0 unspecified atom stereocenters. The smallest absolute Gasteiger partial charge is 0.311 e. The van der Waals surface area contributed by atoms with E-state index in [4.69, 9.17) is 4.74 Å². The minimum absolute atomic E-state index is 0.00379. The van der Waals surface area contributed by atoms with Crippen LogP contribution in [0.5, 0.6) is 5.75 Å². The maximum absolute atomic E-state index is 11.7. The molecule has 0 aliphatic heterocycles. The van der Waals surface area contributed by atoms with Crippen LogP contribution in [-0.4, -0.2) is 29.2 Å². The monoisotopic (exact) mass is 350 g/mol. The lowest BCUT2D eigenvalue weighted by Gasteiger charge is -2.04. The maximum Gasteiger partial charge on any atom is 0.311 e. The largest absolute Gasteiger partial charge is 0.469 e. The number of ether oxygens (including phenoxy) is 2. The summed E-state index contributed by atoms with van der Waals surface area (Å²) in [4.78, 5) is 22.7. The van der Waals surface area contributed by atoms with Gasteiger partial charge in [0.15, 0.2) is 0 Å². The van der Waals surface area contributed by atoms with E-state index in [1.165, 1.54) is 7.11 Å². The van der Waals surface area contributed by atoms with Crippen molar-refractivity contribution in [2.24, 2.45) is 0 Å². The number of aromatic amines is 1.